The summed E-state index contributed by atoms with van der Waals surface area (Å²) in [5.41, 5.74) is -0.590. The van der Waals surface area contributed by atoms with E-state index in [9.17, 15) is 26.3 Å². The molecular weight excluding hydrogens is 480 g/mol. The summed E-state index contributed by atoms with van der Waals surface area (Å²) in [6, 6.07) is 5.23. The van der Waals surface area contributed by atoms with Crippen LogP contribution in [0.25, 0.3) is 16.4 Å². The number of aryl methyl sites for hydroxylation is 1. The van der Waals surface area contributed by atoms with Crippen LogP contribution in [0.3, 0.4) is 0 Å². The standard InChI is InChI=1S/C22H15F6N5S/c1-12-10-18(33-8-5-16(31-33)20-29-6-9-34-20)14-4-7-32(19(14)30-12)17-3-2-13(21(23,24)25)11-15(17)22(26,27)28/h2-3,5-6,8-11H,4,7H2,1H3. The number of anilines is 2. The molecule has 1 aliphatic rings. The van der Waals surface area contributed by atoms with Gasteiger partial charge in [-0.25, -0.2) is 14.6 Å². The Labute approximate surface area is 193 Å². The zero-order valence-electron chi connectivity index (χ0n) is 17.4. The molecule has 0 radical (unpaired) electrons. The van der Waals surface area contributed by atoms with Crippen LogP contribution in [0.1, 0.15) is 22.4 Å². The van der Waals surface area contributed by atoms with E-state index in [1.54, 1.807) is 36.1 Å². The van der Waals surface area contributed by atoms with Crippen LogP contribution in [0.4, 0.5) is 37.8 Å². The van der Waals surface area contributed by atoms with Crippen molar-refractivity contribution in [1.82, 2.24) is 19.7 Å². The lowest BCUT2D eigenvalue weighted by molar-refractivity contribution is -0.142. The minimum absolute atomic E-state index is 0.133. The summed E-state index contributed by atoms with van der Waals surface area (Å²) in [5.74, 6) is 0.270. The first-order chi connectivity index (χ1) is 16.0. The molecule has 12 heteroatoms. The van der Waals surface area contributed by atoms with E-state index in [0.29, 0.717) is 35.1 Å². The SMILES string of the molecule is Cc1cc(-n2ccc(-c3nccs3)n2)c2c(n1)N(c1ccc(C(F)(F)F)cc1C(F)(F)F)CC2. The molecular formula is C22H15F6N5S. The van der Waals surface area contributed by atoms with Crippen LogP contribution in [0.5, 0.6) is 0 Å². The summed E-state index contributed by atoms with van der Waals surface area (Å²) < 4.78 is 82.2. The van der Waals surface area contributed by atoms with E-state index in [0.717, 1.165) is 11.1 Å². The zero-order chi connectivity index (χ0) is 24.3. The van der Waals surface area contributed by atoms with Gasteiger partial charge in [0.25, 0.3) is 0 Å². The van der Waals surface area contributed by atoms with Crippen LogP contribution in [0.2, 0.25) is 0 Å². The summed E-state index contributed by atoms with van der Waals surface area (Å²) in [6.45, 7) is 1.83. The highest BCUT2D eigenvalue weighted by atomic mass is 32.1. The van der Waals surface area contributed by atoms with Crippen LogP contribution in [0.15, 0.2) is 48.1 Å². The monoisotopic (exact) mass is 495 g/mol. The first kappa shape index (κ1) is 22.4. The van der Waals surface area contributed by atoms with Gasteiger partial charge in [0.15, 0.2) is 0 Å². The molecule has 5 rings (SSSR count). The normalized spacial score (nSPS) is 14.0. The third-order valence-electron chi connectivity index (χ3n) is 5.46. The fourth-order valence-corrected chi connectivity index (χ4v) is 4.60. The van der Waals surface area contributed by atoms with Gasteiger partial charge in [0.2, 0.25) is 0 Å². The molecule has 34 heavy (non-hydrogen) atoms. The van der Waals surface area contributed by atoms with Crippen LogP contribution in [0, 0.1) is 6.92 Å². The second-order valence-electron chi connectivity index (χ2n) is 7.70. The number of hydrogen-bond acceptors (Lipinski definition) is 5. The number of pyridine rings is 1. The number of fused-ring (bicyclic) bond motifs is 1. The minimum atomic E-state index is -4.98. The van der Waals surface area contributed by atoms with Crippen molar-refractivity contribution in [1.29, 1.82) is 0 Å². The van der Waals surface area contributed by atoms with Crippen molar-refractivity contribution in [3.63, 3.8) is 0 Å². The lowest BCUT2D eigenvalue weighted by atomic mass is 10.1. The first-order valence-electron chi connectivity index (χ1n) is 10.0. The number of benzene rings is 1. The zero-order valence-corrected chi connectivity index (χ0v) is 18.3. The van der Waals surface area contributed by atoms with Gasteiger partial charge in [0, 0.05) is 35.6 Å². The van der Waals surface area contributed by atoms with E-state index >= 15 is 0 Å². The third-order valence-corrected chi connectivity index (χ3v) is 6.25. The average molecular weight is 495 g/mol. The highest BCUT2D eigenvalue weighted by Crippen LogP contribution is 2.45. The molecule has 0 aliphatic carbocycles. The second-order valence-corrected chi connectivity index (χ2v) is 8.59. The van der Waals surface area contributed by atoms with Crippen molar-refractivity contribution >= 4 is 22.8 Å². The Morgan fingerprint density at radius 2 is 1.76 bits per heavy atom. The molecule has 1 aliphatic heterocycles. The van der Waals surface area contributed by atoms with Gasteiger partial charge in [-0.1, -0.05) is 0 Å². The molecule has 0 spiro atoms. The Morgan fingerprint density at radius 3 is 2.44 bits per heavy atom. The maximum absolute atomic E-state index is 13.8. The highest BCUT2D eigenvalue weighted by molar-refractivity contribution is 7.13. The summed E-state index contributed by atoms with van der Waals surface area (Å²) >= 11 is 1.42. The van der Waals surface area contributed by atoms with E-state index in [2.05, 4.69) is 15.1 Å². The number of rotatable bonds is 3. The van der Waals surface area contributed by atoms with Gasteiger partial charge in [0.05, 0.1) is 22.5 Å². The molecule has 176 valence electrons. The number of thiazole rings is 1. The molecule has 0 saturated carbocycles. The van der Waals surface area contributed by atoms with E-state index in [-0.39, 0.29) is 24.1 Å². The van der Waals surface area contributed by atoms with Gasteiger partial charge in [0.1, 0.15) is 16.5 Å². The van der Waals surface area contributed by atoms with Gasteiger partial charge in [-0.3, -0.25) is 0 Å². The lowest BCUT2D eigenvalue weighted by Crippen LogP contribution is -2.21. The maximum atomic E-state index is 13.8. The molecule has 0 atom stereocenters. The Bertz CT molecular complexity index is 1360. The maximum Gasteiger partial charge on any atom is 0.418 e. The first-order valence-corrected chi connectivity index (χ1v) is 10.9. The largest absolute Gasteiger partial charge is 0.418 e. The Hall–Kier alpha value is -3.41. The van der Waals surface area contributed by atoms with Crippen molar-refractivity contribution in [2.24, 2.45) is 0 Å². The van der Waals surface area contributed by atoms with Gasteiger partial charge in [-0.15, -0.1) is 11.3 Å². The fraction of sp³-hybridized carbons (Fsp3) is 0.227. The predicted octanol–water partition coefficient (Wildman–Crippen LogP) is 6.43. The average Bonchev–Trinajstić information content (AvgIpc) is 3.51. The number of aromatic nitrogens is 4. The minimum Gasteiger partial charge on any atom is -0.325 e. The van der Waals surface area contributed by atoms with Crippen molar-refractivity contribution < 1.29 is 26.3 Å². The second kappa shape index (κ2) is 7.83. The topological polar surface area (TPSA) is 46.8 Å². The Morgan fingerprint density at radius 1 is 0.971 bits per heavy atom. The van der Waals surface area contributed by atoms with E-state index in [4.69, 9.17) is 0 Å². The Balaban J connectivity index is 1.61. The van der Waals surface area contributed by atoms with Crippen LogP contribution in [-0.2, 0) is 18.8 Å². The quantitative estimate of drug-likeness (QED) is 0.307. The van der Waals surface area contributed by atoms with Crippen molar-refractivity contribution in [2.45, 2.75) is 25.7 Å². The van der Waals surface area contributed by atoms with Crippen LogP contribution >= 0.6 is 11.3 Å². The molecule has 0 saturated heterocycles. The molecule has 5 nitrogen and oxygen atoms in total. The molecule has 4 heterocycles. The molecule has 0 fully saturated rings. The molecule has 0 bridgehead atoms. The number of hydrogen-bond donors (Lipinski definition) is 0. The van der Waals surface area contributed by atoms with Gasteiger partial charge in [-0.05, 0) is 43.7 Å². The van der Waals surface area contributed by atoms with Crippen molar-refractivity contribution in [3.05, 3.63) is 70.5 Å². The highest BCUT2D eigenvalue weighted by Gasteiger charge is 2.40. The summed E-state index contributed by atoms with van der Waals surface area (Å²) in [5, 5.41) is 7.09. The van der Waals surface area contributed by atoms with Crippen molar-refractivity contribution in [2.75, 3.05) is 11.4 Å². The molecule has 4 aromatic rings. The number of halogens is 6. The third kappa shape index (κ3) is 3.91. The molecule has 0 amide bonds. The Kier molecular flexibility index (Phi) is 5.15. The molecule has 1 aromatic carbocycles. The van der Waals surface area contributed by atoms with Crippen LogP contribution in [-0.4, -0.2) is 26.3 Å². The van der Waals surface area contributed by atoms with Gasteiger partial charge < -0.3 is 4.90 Å². The summed E-state index contributed by atoms with van der Waals surface area (Å²) in [4.78, 5) is 9.98. The molecule has 3 aromatic heterocycles. The molecule has 0 N–H and O–H groups in total. The van der Waals surface area contributed by atoms with E-state index in [1.807, 2.05) is 5.38 Å². The number of nitrogens with zero attached hydrogens (tertiary/aromatic N) is 5. The summed E-state index contributed by atoms with van der Waals surface area (Å²) in [7, 11) is 0. The van der Waals surface area contributed by atoms with E-state index in [1.165, 1.54) is 16.2 Å². The number of alkyl halides is 6. The lowest BCUT2D eigenvalue weighted by Gasteiger charge is -2.24. The van der Waals surface area contributed by atoms with Crippen molar-refractivity contribution in [3.8, 4) is 16.4 Å². The van der Waals surface area contributed by atoms with Crippen LogP contribution < -0.4 is 4.90 Å². The van der Waals surface area contributed by atoms with Gasteiger partial charge >= 0.3 is 12.4 Å². The van der Waals surface area contributed by atoms with E-state index < -0.39 is 23.5 Å². The predicted molar refractivity (Wildman–Crippen MR) is 114 cm³/mol. The molecule has 0 unspecified atom stereocenters. The fourth-order valence-electron chi connectivity index (χ4n) is 3.99. The summed E-state index contributed by atoms with van der Waals surface area (Å²) in [6.07, 6.45) is -6.13. The van der Waals surface area contributed by atoms with Gasteiger partial charge in [-0.2, -0.15) is 31.4 Å². The smallest absolute Gasteiger partial charge is 0.325 e.